The van der Waals surface area contributed by atoms with Crippen molar-refractivity contribution in [1.82, 2.24) is 4.72 Å². The second-order valence-corrected chi connectivity index (χ2v) is 9.99. The number of hydrogen-bond acceptors (Lipinski definition) is 3. The Morgan fingerprint density at radius 3 is 2.41 bits per heavy atom. The fourth-order valence-corrected chi connectivity index (χ4v) is 5.14. The Bertz CT molecular complexity index is 1360. The number of guanidine groups is 1. The van der Waals surface area contributed by atoms with Gasteiger partial charge in [-0.05, 0) is 59.9 Å². The normalized spacial score (nSPS) is 15.7. The molecule has 1 heterocycles. The van der Waals surface area contributed by atoms with Crippen molar-refractivity contribution in [3.8, 4) is 0 Å². The smallest absolute Gasteiger partial charge is 0.266 e. The van der Waals surface area contributed by atoms with Crippen LogP contribution in [0.2, 0.25) is 10.0 Å². The van der Waals surface area contributed by atoms with E-state index < -0.39 is 15.8 Å². The second kappa shape index (κ2) is 8.73. The molecule has 5 nitrogen and oxygen atoms in total. The van der Waals surface area contributed by atoms with Gasteiger partial charge in [0.05, 0.1) is 12.2 Å². The Kier molecular flexibility index (Phi) is 6.16. The number of halogens is 3. The van der Waals surface area contributed by atoms with Gasteiger partial charge in [0.1, 0.15) is 10.7 Å². The lowest BCUT2D eigenvalue weighted by atomic mass is 9.98. The third-order valence-electron chi connectivity index (χ3n) is 5.49. The lowest BCUT2D eigenvalue weighted by Crippen LogP contribution is -2.41. The molecule has 3 aromatic carbocycles. The van der Waals surface area contributed by atoms with E-state index >= 15 is 0 Å². The number of benzene rings is 3. The molecule has 0 unspecified atom stereocenters. The van der Waals surface area contributed by atoms with Crippen LogP contribution in [0.1, 0.15) is 27.8 Å². The standard InChI is InChI=1S/C23H20Cl2FN3O2S/c1-13-16(7-5-9-18(13)24)12-27-23-28-22-17(10-15-6-3-4-8-19(15)25)14(2)20(26)11-21(22)32(30,31)29-23/h3-9,11H,10,12H2,1-2H3,(H2,27,28,29). The van der Waals surface area contributed by atoms with E-state index in [1.807, 2.05) is 31.2 Å². The topological polar surface area (TPSA) is 70.6 Å². The van der Waals surface area contributed by atoms with Crippen LogP contribution in [0, 0.1) is 19.7 Å². The van der Waals surface area contributed by atoms with Crippen molar-refractivity contribution >= 4 is 44.9 Å². The number of sulfonamides is 1. The second-order valence-electron chi connectivity index (χ2n) is 7.52. The summed E-state index contributed by atoms with van der Waals surface area (Å²) >= 11 is 12.5. The van der Waals surface area contributed by atoms with E-state index in [4.69, 9.17) is 23.2 Å². The van der Waals surface area contributed by atoms with E-state index in [1.54, 1.807) is 25.1 Å². The van der Waals surface area contributed by atoms with Crippen molar-refractivity contribution in [2.45, 2.75) is 31.7 Å². The molecule has 0 spiro atoms. The molecule has 2 N–H and O–H groups in total. The summed E-state index contributed by atoms with van der Waals surface area (Å²) in [6, 6.07) is 13.7. The van der Waals surface area contributed by atoms with Crippen molar-refractivity contribution in [2.24, 2.45) is 4.99 Å². The van der Waals surface area contributed by atoms with Gasteiger partial charge in [0.2, 0.25) is 5.96 Å². The van der Waals surface area contributed by atoms with Gasteiger partial charge in [0, 0.05) is 16.5 Å². The first-order valence-electron chi connectivity index (χ1n) is 9.81. The van der Waals surface area contributed by atoms with Gasteiger partial charge < -0.3 is 5.32 Å². The molecule has 0 radical (unpaired) electrons. The van der Waals surface area contributed by atoms with Gasteiger partial charge in [0.25, 0.3) is 10.0 Å². The Labute approximate surface area is 196 Å². The first-order valence-corrected chi connectivity index (χ1v) is 12.0. The van der Waals surface area contributed by atoms with E-state index in [2.05, 4.69) is 15.0 Å². The molecule has 0 aliphatic carbocycles. The molecule has 0 aromatic heterocycles. The summed E-state index contributed by atoms with van der Waals surface area (Å²) in [6.45, 7) is 3.70. The number of nitrogens with zero attached hydrogens (tertiary/aromatic N) is 1. The molecule has 0 saturated carbocycles. The predicted octanol–water partition coefficient (Wildman–Crippen LogP) is 5.60. The average molecular weight is 492 g/mol. The summed E-state index contributed by atoms with van der Waals surface area (Å²) in [5.74, 6) is -0.545. The van der Waals surface area contributed by atoms with Gasteiger partial charge in [-0.2, -0.15) is 0 Å². The zero-order valence-corrected chi connectivity index (χ0v) is 19.7. The van der Waals surface area contributed by atoms with Crippen molar-refractivity contribution in [2.75, 3.05) is 5.32 Å². The summed E-state index contributed by atoms with van der Waals surface area (Å²) in [6.07, 6.45) is 0.259. The number of aliphatic imine (C=N–C) groups is 1. The first kappa shape index (κ1) is 22.6. The number of hydrogen-bond donors (Lipinski definition) is 2. The van der Waals surface area contributed by atoms with Gasteiger partial charge in [-0.3, -0.25) is 0 Å². The molecule has 166 valence electrons. The van der Waals surface area contributed by atoms with Crippen LogP contribution in [0.4, 0.5) is 10.1 Å². The fourth-order valence-electron chi connectivity index (χ4n) is 3.56. The highest BCUT2D eigenvalue weighted by atomic mass is 35.5. The molecule has 32 heavy (non-hydrogen) atoms. The molecule has 1 aliphatic heterocycles. The summed E-state index contributed by atoms with van der Waals surface area (Å²) in [5, 5.41) is 4.18. The predicted molar refractivity (Wildman–Crippen MR) is 127 cm³/mol. The molecule has 9 heteroatoms. The quantitative estimate of drug-likeness (QED) is 0.498. The number of rotatable bonds is 4. The van der Waals surface area contributed by atoms with Crippen molar-refractivity contribution < 1.29 is 12.8 Å². The Hall–Kier alpha value is -2.61. The highest BCUT2D eigenvalue weighted by Crippen LogP contribution is 2.35. The van der Waals surface area contributed by atoms with Gasteiger partial charge in [-0.1, -0.05) is 53.5 Å². The van der Waals surface area contributed by atoms with E-state index in [-0.39, 0.29) is 23.8 Å². The van der Waals surface area contributed by atoms with Crippen LogP contribution >= 0.6 is 23.2 Å². The van der Waals surface area contributed by atoms with E-state index in [0.717, 1.165) is 22.8 Å². The van der Waals surface area contributed by atoms with Crippen LogP contribution in [-0.4, -0.2) is 14.4 Å². The van der Waals surface area contributed by atoms with Crippen LogP contribution in [0.5, 0.6) is 0 Å². The lowest BCUT2D eigenvalue weighted by Gasteiger charge is -2.26. The fraction of sp³-hybridized carbons (Fsp3) is 0.174. The summed E-state index contributed by atoms with van der Waals surface area (Å²) in [5.41, 5.74) is 3.64. The molecular weight excluding hydrogens is 472 g/mol. The molecule has 0 amide bonds. The summed E-state index contributed by atoms with van der Waals surface area (Å²) in [7, 11) is -4.02. The van der Waals surface area contributed by atoms with Gasteiger partial charge >= 0.3 is 0 Å². The van der Waals surface area contributed by atoms with Gasteiger partial charge in [0.15, 0.2) is 0 Å². The van der Waals surface area contributed by atoms with Crippen molar-refractivity contribution in [3.63, 3.8) is 0 Å². The van der Waals surface area contributed by atoms with Crippen LogP contribution in [0.25, 0.3) is 0 Å². The lowest BCUT2D eigenvalue weighted by molar-refractivity contribution is 0.584. The molecule has 0 bridgehead atoms. The largest absolute Gasteiger partial charge is 0.324 e. The third kappa shape index (κ3) is 4.33. The minimum Gasteiger partial charge on any atom is -0.324 e. The van der Waals surface area contributed by atoms with E-state index in [1.165, 1.54) is 0 Å². The van der Waals surface area contributed by atoms with Gasteiger partial charge in [-0.15, -0.1) is 0 Å². The minimum atomic E-state index is -4.02. The number of anilines is 1. The van der Waals surface area contributed by atoms with Crippen LogP contribution in [0.15, 0.2) is 58.4 Å². The molecule has 0 saturated heterocycles. The molecule has 0 fully saturated rings. The van der Waals surface area contributed by atoms with E-state index in [9.17, 15) is 12.8 Å². The SMILES string of the molecule is Cc1c(Cl)cccc1CN=C1Nc2c(cc(F)c(C)c2Cc2ccccc2Cl)S(=O)(=O)N1. The van der Waals surface area contributed by atoms with Gasteiger partial charge in [-0.25, -0.2) is 22.5 Å². The number of fused-ring (bicyclic) bond motifs is 1. The Morgan fingerprint density at radius 1 is 0.969 bits per heavy atom. The maximum absolute atomic E-state index is 14.7. The molecule has 3 aromatic rings. The monoisotopic (exact) mass is 491 g/mol. The summed E-state index contributed by atoms with van der Waals surface area (Å²) in [4.78, 5) is 4.24. The third-order valence-corrected chi connectivity index (χ3v) is 7.63. The molecule has 0 atom stereocenters. The Balaban J connectivity index is 1.77. The molecule has 1 aliphatic rings. The zero-order valence-electron chi connectivity index (χ0n) is 17.3. The van der Waals surface area contributed by atoms with Crippen molar-refractivity contribution in [1.29, 1.82) is 0 Å². The average Bonchev–Trinajstić information content (AvgIpc) is 2.74. The van der Waals surface area contributed by atoms with E-state index in [0.29, 0.717) is 26.9 Å². The maximum Gasteiger partial charge on any atom is 0.266 e. The van der Waals surface area contributed by atoms with Crippen molar-refractivity contribution in [3.05, 3.63) is 92.2 Å². The Morgan fingerprint density at radius 2 is 1.66 bits per heavy atom. The zero-order chi connectivity index (χ0) is 23.0. The minimum absolute atomic E-state index is 0.0586. The first-order chi connectivity index (χ1) is 15.2. The van der Waals surface area contributed by atoms with Crippen LogP contribution in [0.3, 0.4) is 0 Å². The maximum atomic E-state index is 14.7. The molecule has 4 rings (SSSR count). The highest BCUT2D eigenvalue weighted by molar-refractivity contribution is 7.90. The van der Waals surface area contributed by atoms with Crippen LogP contribution < -0.4 is 10.0 Å². The highest BCUT2D eigenvalue weighted by Gasteiger charge is 2.31. The summed E-state index contributed by atoms with van der Waals surface area (Å²) < 4.78 is 42.9. The molecular formula is C23H20Cl2FN3O2S. The van der Waals surface area contributed by atoms with Crippen LogP contribution in [-0.2, 0) is 23.0 Å². The number of nitrogens with one attached hydrogen (secondary N) is 2.